The van der Waals surface area contributed by atoms with Crippen molar-refractivity contribution in [2.75, 3.05) is 32.7 Å². The Hall–Kier alpha value is -1.61. The molecule has 12 nitrogen and oxygen atoms in total. The monoisotopic (exact) mass is 560 g/mol. The maximum Gasteiger partial charge on any atom is 0.333 e. The Morgan fingerprint density at radius 3 is 2.39 bits per heavy atom. The van der Waals surface area contributed by atoms with Crippen LogP contribution < -0.4 is 11.2 Å². The lowest BCUT2D eigenvalue weighted by Crippen LogP contribution is -2.42. The predicted molar refractivity (Wildman–Crippen MR) is 136 cm³/mol. The molecular formula is C25H40N2O10S. The number of unbranched alkanes of at least 4 members (excludes halogenated alkanes) is 1. The van der Waals surface area contributed by atoms with Gasteiger partial charge in [-0.15, -0.1) is 0 Å². The number of nitrogens with zero attached hydrogens (tertiary/aromatic N) is 2. The highest BCUT2D eigenvalue weighted by molar-refractivity contribution is 7.85. The van der Waals surface area contributed by atoms with E-state index in [4.69, 9.17) is 27.9 Å². The Bertz CT molecular complexity index is 1120. The molecule has 3 saturated heterocycles. The summed E-state index contributed by atoms with van der Waals surface area (Å²) >= 11 is 0. The molecule has 2 unspecified atom stereocenters. The highest BCUT2D eigenvalue weighted by Gasteiger charge is 2.40. The van der Waals surface area contributed by atoms with Crippen molar-refractivity contribution in [2.45, 2.75) is 102 Å². The first-order chi connectivity index (χ1) is 18.2. The summed E-state index contributed by atoms with van der Waals surface area (Å²) in [6.07, 6.45) is 7.39. The normalized spacial score (nSPS) is 28.5. The van der Waals surface area contributed by atoms with Crippen LogP contribution in [0.4, 0.5) is 0 Å². The Morgan fingerprint density at radius 2 is 1.74 bits per heavy atom. The molecule has 1 aromatic heterocycles. The molecule has 38 heavy (non-hydrogen) atoms. The van der Waals surface area contributed by atoms with Gasteiger partial charge in [0.2, 0.25) is 0 Å². The van der Waals surface area contributed by atoms with Crippen molar-refractivity contribution in [3.05, 3.63) is 32.6 Å². The largest absolute Gasteiger partial charge is 0.353 e. The molecule has 0 aromatic carbocycles. The van der Waals surface area contributed by atoms with Crippen molar-refractivity contribution >= 4 is 10.1 Å². The topological polar surface area (TPSA) is 134 Å². The summed E-state index contributed by atoms with van der Waals surface area (Å²) in [4.78, 5) is 26.1. The average molecular weight is 561 g/mol. The third-order valence-electron chi connectivity index (χ3n) is 6.98. The predicted octanol–water partition coefficient (Wildman–Crippen LogP) is 1.82. The molecule has 3 aliphatic rings. The molecular weight excluding hydrogens is 520 g/mol. The van der Waals surface area contributed by atoms with Gasteiger partial charge in [-0.2, -0.15) is 8.42 Å². The minimum atomic E-state index is -3.53. The standard InChI is InChI=1S/C25H40N2O10S/c1-18-16-27(25(29)26(24(18)28)11-5-8-14-35-38(2,30)31)21-15-19(37-23-10-4-7-13-33-23)20(36-21)17-34-22-9-3-6-12-32-22/h16,19-23H,3-15,17H2,1-2H3/t19-,20+,21+,22?,23?/m0/s1. The molecule has 0 N–H and O–H groups in total. The zero-order valence-electron chi connectivity index (χ0n) is 22.2. The van der Waals surface area contributed by atoms with Crippen molar-refractivity contribution < 1.29 is 36.3 Å². The molecule has 4 rings (SSSR count). The molecule has 0 bridgehead atoms. The van der Waals surface area contributed by atoms with E-state index in [9.17, 15) is 18.0 Å². The van der Waals surface area contributed by atoms with Crippen LogP contribution >= 0.6 is 0 Å². The van der Waals surface area contributed by atoms with Gasteiger partial charge in [0.15, 0.2) is 12.6 Å². The van der Waals surface area contributed by atoms with Crippen LogP contribution in [0, 0.1) is 6.92 Å². The molecule has 1 aromatic rings. The third kappa shape index (κ3) is 8.20. The van der Waals surface area contributed by atoms with Gasteiger partial charge in [-0.05, 0) is 58.3 Å². The summed E-state index contributed by atoms with van der Waals surface area (Å²) in [7, 11) is -3.53. The Labute approximate surface area is 223 Å². The molecule has 3 aliphatic heterocycles. The zero-order valence-corrected chi connectivity index (χ0v) is 23.1. The van der Waals surface area contributed by atoms with E-state index in [1.807, 2.05) is 0 Å². The maximum atomic E-state index is 13.4. The van der Waals surface area contributed by atoms with Crippen molar-refractivity contribution in [3.8, 4) is 0 Å². The number of hydrogen-bond donors (Lipinski definition) is 0. The van der Waals surface area contributed by atoms with E-state index in [0.29, 0.717) is 38.0 Å². The summed E-state index contributed by atoms with van der Waals surface area (Å²) in [5.41, 5.74) is -0.463. The molecule has 5 atom stereocenters. The van der Waals surface area contributed by atoms with Crippen LogP contribution in [0.3, 0.4) is 0 Å². The van der Waals surface area contributed by atoms with Gasteiger partial charge in [-0.3, -0.25) is 18.1 Å². The minimum Gasteiger partial charge on any atom is -0.353 e. The molecule has 0 radical (unpaired) electrons. The zero-order chi connectivity index (χ0) is 27.1. The quantitative estimate of drug-likeness (QED) is 0.275. The Kier molecular flexibility index (Phi) is 10.5. The second kappa shape index (κ2) is 13.6. The van der Waals surface area contributed by atoms with E-state index < -0.39 is 28.1 Å². The molecule has 13 heteroatoms. The van der Waals surface area contributed by atoms with E-state index in [1.165, 1.54) is 15.3 Å². The fourth-order valence-corrected chi connectivity index (χ4v) is 5.39. The van der Waals surface area contributed by atoms with Crippen LogP contribution in [-0.2, 0) is 44.5 Å². The van der Waals surface area contributed by atoms with E-state index in [1.54, 1.807) is 6.92 Å². The highest BCUT2D eigenvalue weighted by atomic mass is 32.2. The first-order valence-electron chi connectivity index (χ1n) is 13.5. The smallest absolute Gasteiger partial charge is 0.333 e. The van der Waals surface area contributed by atoms with Gasteiger partial charge in [0.1, 0.15) is 12.3 Å². The molecule has 3 fully saturated rings. The minimum absolute atomic E-state index is 0.00598. The van der Waals surface area contributed by atoms with E-state index >= 15 is 0 Å². The number of rotatable bonds is 12. The first-order valence-corrected chi connectivity index (χ1v) is 15.4. The van der Waals surface area contributed by atoms with Gasteiger partial charge >= 0.3 is 5.69 Å². The molecule has 0 saturated carbocycles. The van der Waals surface area contributed by atoms with E-state index in [2.05, 4.69) is 0 Å². The highest BCUT2D eigenvalue weighted by Crippen LogP contribution is 2.33. The molecule has 0 aliphatic carbocycles. The molecule has 0 spiro atoms. The third-order valence-corrected chi connectivity index (χ3v) is 7.57. The van der Waals surface area contributed by atoms with Crippen LogP contribution in [0.25, 0.3) is 0 Å². The number of ether oxygens (including phenoxy) is 5. The molecule has 216 valence electrons. The number of aryl methyl sites for hydroxylation is 1. The van der Waals surface area contributed by atoms with Crippen molar-refractivity contribution in [3.63, 3.8) is 0 Å². The van der Waals surface area contributed by atoms with Gasteiger partial charge < -0.3 is 23.7 Å². The van der Waals surface area contributed by atoms with Crippen LogP contribution in [0.1, 0.15) is 69.6 Å². The Morgan fingerprint density at radius 1 is 1.03 bits per heavy atom. The maximum absolute atomic E-state index is 13.4. The SMILES string of the molecule is Cc1cn([C@H]2C[C@H](OC3CCCCO3)[C@@H](COC3CCCCO3)O2)c(=O)n(CCCCOS(C)(=O)=O)c1=O. The number of aromatic nitrogens is 2. The second-order valence-electron chi connectivity index (χ2n) is 10.2. The van der Waals surface area contributed by atoms with Crippen LogP contribution in [0.15, 0.2) is 15.8 Å². The van der Waals surface area contributed by atoms with Gasteiger partial charge in [-0.1, -0.05) is 0 Å². The van der Waals surface area contributed by atoms with Crippen LogP contribution in [-0.4, -0.2) is 75.0 Å². The average Bonchev–Trinajstić information content (AvgIpc) is 3.29. The van der Waals surface area contributed by atoms with Crippen molar-refractivity contribution in [2.24, 2.45) is 0 Å². The van der Waals surface area contributed by atoms with Crippen molar-refractivity contribution in [1.82, 2.24) is 9.13 Å². The molecule has 0 amide bonds. The number of hydrogen-bond acceptors (Lipinski definition) is 10. The van der Waals surface area contributed by atoms with E-state index in [-0.39, 0.29) is 44.0 Å². The molecule has 4 heterocycles. The van der Waals surface area contributed by atoms with Gasteiger partial charge in [0.05, 0.1) is 25.6 Å². The lowest BCUT2D eigenvalue weighted by Gasteiger charge is -2.29. The summed E-state index contributed by atoms with van der Waals surface area (Å²) in [5, 5.41) is 0. The first kappa shape index (κ1) is 29.4. The van der Waals surface area contributed by atoms with Crippen LogP contribution in [0.2, 0.25) is 0 Å². The summed E-state index contributed by atoms with van der Waals surface area (Å²) in [6.45, 7) is 3.37. The van der Waals surface area contributed by atoms with Gasteiger partial charge in [0.25, 0.3) is 15.7 Å². The van der Waals surface area contributed by atoms with Gasteiger partial charge in [-0.25, -0.2) is 4.79 Å². The summed E-state index contributed by atoms with van der Waals surface area (Å²) < 4.78 is 59.7. The summed E-state index contributed by atoms with van der Waals surface area (Å²) in [6, 6.07) is 0. The Balaban J connectivity index is 1.46. The lowest BCUT2D eigenvalue weighted by atomic mass is 10.1. The van der Waals surface area contributed by atoms with Crippen molar-refractivity contribution in [1.29, 1.82) is 0 Å². The fourth-order valence-electron chi connectivity index (χ4n) is 4.97. The van der Waals surface area contributed by atoms with Gasteiger partial charge in [0, 0.05) is 37.9 Å². The summed E-state index contributed by atoms with van der Waals surface area (Å²) in [5.74, 6) is 0. The van der Waals surface area contributed by atoms with Crippen LogP contribution in [0.5, 0.6) is 0 Å². The second-order valence-corrected chi connectivity index (χ2v) is 11.8. The fraction of sp³-hybridized carbons (Fsp3) is 0.840. The van der Waals surface area contributed by atoms with E-state index in [0.717, 1.165) is 44.8 Å². The lowest BCUT2D eigenvalue weighted by molar-refractivity contribution is -0.216.